The molecule has 0 spiro atoms. The lowest BCUT2D eigenvalue weighted by molar-refractivity contribution is 0.164. The maximum atomic E-state index is 5.47. The summed E-state index contributed by atoms with van der Waals surface area (Å²) in [6.07, 6.45) is 9.86. The van der Waals surface area contributed by atoms with Crippen LogP contribution in [0.2, 0.25) is 0 Å². The summed E-state index contributed by atoms with van der Waals surface area (Å²) >= 11 is 0. The number of rotatable bonds is 5. The maximum Gasteiger partial charge on any atom is 0.116 e. The molecule has 0 aromatic heterocycles. The second-order valence-corrected chi connectivity index (χ2v) is 3.81. The van der Waals surface area contributed by atoms with Crippen molar-refractivity contribution < 1.29 is 4.74 Å². The van der Waals surface area contributed by atoms with Gasteiger partial charge < -0.3 is 10.1 Å². The van der Waals surface area contributed by atoms with Crippen LogP contribution in [0.4, 0.5) is 0 Å². The molecule has 0 aromatic carbocycles. The zero-order valence-electron chi connectivity index (χ0n) is 9.25. The molecular formula is C12H21NO. The molecule has 1 aliphatic rings. The van der Waals surface area contributed by atoms with E-state index < -0.39 is 0 Å². The molecule has 1 unspecified atom stereocenters. The van der Waals surface area contributed by atoms with Gasteiger partial charge in [0.2, 0.25) is 0 Å². The quantitative estimate of drug-likeness (QED) is 0.538. The topological polar surface area (TPSA) is 21.3 Å². The molecule has 0 aromatic rings. The number of hydrogen-bond donors (Lipinski definition) is 1. The van der Waals surface area contributed by atoms with Crippen molar-refractivity contribution in [3.63, 3.8) is 0 Å². The Morgan fingerprint density at radius 3 is 3.14 bits per heavy atom. The highest BCUT2D eigenvalue weighted by Gasteiger charge is 2.07. The standard InChI is InChI=1S/C12H21NO/c1-3-7-13-10-11(2)9-12-6-4-5-8-14-12/h5,8-9,12-13H,3-4,6-7,10H2,1-2H3. The summed E-state index contributed by atoms with van der Waals surface area (Å²) in [5.74, 6) is 0. The molecule has 0 radical (unpaired) electrons. The van der Waals surface area contributed by atoms with Crippen molar-refractivity contribution in [2.45, 2.75) is 39.2 Å². The molecule has 0 saturated heterocycles. The molecule has 80 valence electrons. The van der Waals surface area contributed by atoms with Crippen LogP contribution in [0.1, 0.15) is 33.1 Å². The third-order valence-corrected chi connectivity index (χ3v) is 2.27. The van der Waals surface area contributed by atoms with E-state index in [1.54, 1.807) is 0 Å². The first kappa shape index (κ1) is 11.3. The molecule has 1 heterocycles. The van der Waals surface area contributed by atoms with Gasteiger partial charge in [-0.2, -0.15) is 0 Å². The van der Waals surface area contributed by atoms with Crippen molar-refractivity contribution in [3.8, 4) is 0 Å². The summed E-state index contributed by atoms with van der Waals surface area (Å²) in [6.45, 7) is 6.42. The monoisotopic (exact) mass is 195 g/mol. The van der Waals surface area contributed by atoms with Gasteiger partial charge in [0.25, 0.3) is 0 Å². The second-order valence-electron chi connectivity index (χ2n) is 3.81. The van der Waals surface area contributed by atoms with Crippen molar-refractivity contribution in [1.29, 1.82) is 0 Å². The molecule has 0 saturated carbocycles. The Hall–Kier alpha value is -0.760. The number of nitrogens with one attached hydrogen (secondary N) is 1. The van der Waals surface area contributed by atoms with Gasteiger partial charge in [0, 0.05) is 6.54 Å². The van der Waals surface area contributed by atoms with Crippen molar-refractivity contribution >= 4 is 0 Å². The highest BCUT2D eigenvalue weighted by Crippen LogP contribution is 2.12. The predicted molar refractivity (Wildman–Crippen MR) is 60.2 cm³/mol. The first-order valence-electron chi connectivity index (χ1n) is 5.51. The Morgan fingerprint density at radius 1 is 1.64 bits per heavy atom. The van der Waals surface area contributed by atoms with E-state index in [9.17, 15) is 0 Å². The van der Waals surface area contributed by atoms with Crippen molar-refractivity contribution in [2.75, 3.05) is 13.1 Å². The molecule has 1 N–H and O–H groups in total. The lowest BCUT2D eigenvalue weighted by Gasteiger charge is -2.16. The Balaban J connectivity index is 2.23. The Morgan fingerprint density at radius 2 is 2.50 bits per heavy atom. The third kappa shape index (κ3) is 4.47. The van der Waals surface area contributed by atoms with E-state index in [2.05, 4.69) is 31.3 Å². The molecule has 0 amide bonds. The molecule has 0 aliphatic carbocycles. The molecule has 14 heavy (non-hydrogen) atoms. The molecule has 0 bridgehead atoms. The van der Waals surface area contributed by atoms with Crippen LogP contribution in [0.5, 0.6) is 0 Å². The molecule has 2 heteroatoms. The summed E-state index contributed by atoms with van der Waals surface area (Å²) in [5.41, 5.74) is 1.37. The van der Waals surface area contributed by atoms with Crippen molar-refractivity contribution in [3.05, 3.63) is 24.0 Å². The average molecular weight is 195 g/mol. The predicted octanol–water partition coefficient (Wildman–Crippen LogP) is 2.63. The normalized spacial score (nSPS) is 22.1. The summed E-state index contributed by atoms with van der Waals surface area (Å²) in [4.78, 5) is 0. The maximum absolute atomic E-state index is 5.47. The minimum atomic E-state index is 0.295. The Labute approximate surface area is 87.0 Å². The summed E-state index contributed by atoms with van der Waals surface area (Å²) in [6, 6.07) is 0. The highest BCUT2D eigenvalue weighted by molar-refractivity contribution is 5.06. The summed E-state index contributed by atoms with van der Waals surface area (Å²) in [5, 5.41) is 3.38. The smallest absolute Gasteiger partial charge is 0.116 e. The first-order chi connectivity index (χ1) is 6.83. The van der Waals surface area contributed by atoms with Gasteiger partial charge in [-0.15, -0.1) is 0 Å². The lowest BCUT2D eigenvalue weighted by atomic mass is 10.1. The second kappa shape index (κ2) is 6.66. The SMILES string of the molecule is CCCNCC(C)=CC1CCC=CO1. The minimum absolute atomic E-state index is 0.295. The summed E-state index contributed by atoms with van der Waals surface area (Å²) in [7, 11) is 0. The van der Waals surface area contributed by atoms with E-state index in [4.69, 9.17) is 4.74 Å². The van der Waals surface area contributed by atoms with Crippen LogP contribution in [0.3, 0.4) is 0 Å². The van der Waals surface area contributed by atoms with Crippen LogP contribution < -0.4 is 5.32 Å². The van der Waals surface area contributed by atoms with Gasteiger partial charge >= 0.3 is 0 Å². The van der Waals surface area contributed by atoms with Crippen LogP contribution in [-0.2, 0) is 4.74 Å². The van der Waals surface area contributed by atoms with Crippen LogP contribution in [0.15, 0.2) is 24.0 Å². The van der Waals surface area contributed by atoms with Gasteiger partial charge in [0.15, 0.2) is 0 Å². The fourth-order valence-electron chi connectivity index (χ4n) is 1.51. The van der Waals surface area contributed by atoms with Crippen molar-refractivity contribution in [2.24, 2.45) is 0 Å². The zero-order valence-corrected chi connectivity index (χ0v) is 9.25. The molecule has 0 fully saturated rings. The van der Waals surface area contributed by atoms with E-state index in [0.29, 0.717) is 6.10 Å². The number of allylic oxidation sites excluding steroid dienone is 1. The first-order valence-corrected chi connectivity index (χ1v) is 5.51. The van der Waals surface area contributed by atoms with E-state index in [1.165, 1.54) is 12.0 Å². The Bertz CT molecular complexity index is 208. The van der Waals surface area contributed by atoms with E-state index in [-0.39, 0.29) is 0 Å². The number of ether oxygens (including phenoxy) is 1. The van der Waals surface area contributed by atoms with Crippen LogP contribution in [-0.4, -0.2) is 19.2 Å². The lowest BCUT2D eigenvalue weighted by Crippen LogP contribution is -2.18. The number of hydrogen-bond acceptors (Lipinski definition) is 2. The van der Waals surface area contributed by atoms with E-state index in [1.807, 2.05) is 6.26 Å². The fraction of sp³-hybridized carbons (Fsp3) is 0.667. The molecule has 2 nitrogen and oxygen atoms in total. The largest absolute Gasteiger partial charge is 0.494 e. The van der Waals surface area contributed by atoms with Gasteiger partial charge in [-0.1, -0.05) is 12.5 Å². The van der Waals surface area contributed by atoms with Gasteiger partial charge in [0.05, 0.1) is 6.26 Å². The molecule has 1 aliphatic heterocycles. The van der Waals surface area contributed by atoms with Crippen LogP contribution in [0, 0.1) is 0 Å². The molecule has 1 rings (SSSR count). The van der Waals surface area contributed by atoms with Gasteiger partial charge in [-0.3, -0.25) is 0 Å². The van der Waals surface area contributed by atoms with Crippen LogP contribution >= 0.6 is 0 Å². The molecular weight excluding hydrogens is 174 g/mol. The average Bonchev–Trinajstić information content (AvgIpc) is 2.20. The fourth-order valence-corrected chi connectivity index (χ4v) is 1.51. The van der Waals surface area contributed by atoms with Gasteiger partial charge in [-0.25, -0.2) is 0 Å². The molecule has 1 atom stereocenters. The van der Waals surface area contributed by atoms with Crippen molar-refractivity contribution in [1.82, 2.24) is 5.32 Å². The summed E-state index contributed by atoms with van der Waals surface area (Å²) < 4.78 is 5.47. The van der Waals surface area contributed by atoms with E-state index in [0.717, 1.165) is 25.9 Å². The highest BCUT2D eigenvalue weighted by atomic mass is 16.5. The van der Waals surface area contributed by atoms with Gasteiger partial charge in [0.1, 0.15) is 6.10 Å². The minimum Gasteiger partial charge on any atom is -0.494 e. The zero-order chi connectivity index (χ0) is 10.2. The Kier molecular flexibility index (Phi) is 5.38. The van der Waals surface area contributed by atoms with E-state index >= 15 is 0 Å². The third-order valence-electron chi connectivity index (χ3n) is 2.27. The van der Waals surface area contributed by atoms with Gasteiger partial charge in [-0.05, 0) is 44.9 Å². The van der Waals surface area contributed by atoms with Crippen LogP contribution in [0.25, 0.3) is 0 Å².